The fourth-order valence-corrected chi connectivity index (χ4v) is 11.5. The number of rotatable bonds is 66. The van der Waals surface area contributed by atoms with Crippen molar-refractivity contribution in [3.05, 3.63) is 0 Å². The van der Waals surface area contributed by atoms with Crippen molar-refractivity contribution in [2.24, 2.45) is 5.92 Å². The number of phosphoric acid groups is 2. The van der Waals surface area contributed by atoms with Gasteiger partial charge in [-0.1, -0.05) is 285 Å². The van der Waals surface area contributed by atoms with E-state index in [2.05, 4.69) is 34.6 Å². The molecular formula is C66H128O17P2. The number of aliphatic hydroxyl groups excluding tert-OH is 1. The molecule has 3 unspecified atom stereocenters. The Kier molecular flexibility index (Phi) is 58.3. The molecule has 0 spiro atoms. The van der Waals surface area contributed by atoms with Crippen LogP contribution < -0.4 is 0 Å². The second-order valence-electron chi connectivity index (χ2n) is 24.1. The zero-order valence-electron chi connectivity index (χ0n) is 54.7. The molecule has 504 valence electrons. The van der Waals surface area contributed by atoms with E-state index in [1.807, 2.05) is 0 Å². The van der Waals surface area contributed by atoms with Crippen molar-refractivity contribution < 1.29 is 80.2 Å². The monoisotopic (exact) mass is 1250 g/mol. The maximum absolute atomic E-state index is 13.0. The molecule has 17 nitrogen and oxygen atoms in total. The molecule has 0 aliphatic heterocycles. The first-order chi connectivity index (χ1) is 41.1. The van der Waals surface area contributed by atoms with Gasteiger partial charge < -0.3 is 33.8 Å². The lowest BCUT2D eigenvalue weighted by Crippen LogP contribution is -2.30. The Balaban J connectivity index is 5.24. The Morgan fingerprint density at radius 1 is 0.329 bits per heavy atom. The molecule has 0 radical (unpaired) electrons. The average Bonchev–Trinajstić information content (AvgIpc) is 3.57. The smallest absolute Gasteiger partial charge is 0.462 e. The van der Waals surface area contributed by atoms with Crippen molar-refractivity contribution in [1.82, 2.24) is 0 Å². The van der Waals surface area contributed by atoms with Crippen LogP contribution in [0.15, 0.2) is 0 Å². The maximum atomic E-state index is 13.0. The predicted molar refractivity (Wildman–Crippen MR) is 340 cm³/mol. The van der Waals surface area contributed by atoms with E-state index in [0.29, 0.717) is 25.7 Å². The van der Waals surface area contributed by atoms with Gasteiger partial charge in [0, 0.05) is 25.7 Å². The number of aliphatic hydroxyl groups is 1. The largest absolute Gasteiger partial charge is 0.472 e. The van der Waals surface area contributed by atoms with Crippen molar-refractivity contribution >= 4 is 39.5 Å². The van der Waals surface area contributed by atoms with Crippen LogP contribution in [0.2, 0.25) is 0 Å². The minimum absolute atomic E-state index is 0.103. The lowest BCUT2D eigenvalue weighted by Gasteiger charge is -2.21. The lowest BCUT2D eigenvalue weighted by molar-refractivity contribution is -0.161. The minimum Gasteiger partial charge on any atom is -0.462 e. The van der Waals surface area contributed by atoms with Gasteiger partial charge in [-0.2, -0.15) is 0 Å². The molecule has 0 aromatic rings. The molecule has 6 atom stereocenters. The summed E-state index contributed by atoms with van der Waals surface area (Å²) in [6, 6.07) is 0. The third-order valence-corrected chi connectivity index (χ3v) is 17.5. The third kappa shape index (κ3) is 59.5. The van der Waals surface area contributed by atoms with Gasteiger partial charge in [0.1, 0.15) is 19.3 Å². The Hall–Kier alpha value is -1.94. The maximum Gasteiger partial charge on any atom is 0.472 e. The van der Waals surface area contributed by atoms with Crippen LogP contribution in [0.5, 0.6) is 0 Å². The first-order valence-electron chi connectivity index (χ1n) is 34.7. The van der Waals surface area contributed by atoms with Crippen molar-refractivity contribution in [2.75, 3.05) is 39.6 Å². The normalized spacial score (nSPS) is 14.5. The van der Waals surface area contributed by atoms with E-state index in [1.165, 1.54) is 161 Å². The first kappa shape index (κ1) is 83.1. The van der Waals surface area contributed by atoms with Crippen molar-refractivity contribution in [3.8, 4) is 0 Å². The molecule has 0 bridgehead atoms. The number of carbonyl (C=O) groups is 4. The topological polar surface area (TPSA) is 237 Å². The van der Waals surface area contributed by atoms with Gasteiger partial charge in [0.25, 0.3) is 0 Å². The second-order valence-corrected chi connectivity index (χ2v) is 27.0. The van der Waals surface area contributed by atoms with Crippen molar-refractivity contribution in [1.29, 1.82) is 0 Å². The van der Waals surface area contributed by atoms with Crippen LogP contribution in [0, 0.1) is 5.92 Å². The SMILES string of the molecule is CCCCCCCCCCCCCCCCC(=O)O[C@H](COC(=O)CCCCCCCCCCCCCC)COP(=O)(O)OC[C@@H](O)COP(=O)(O)OC[C@@H](COC(=O)CCCCCCCCCCC)OC(=O)CCCCCCCCC(C)CC. The van der Waals surface area contributed by atoms with Crippen molar-refractivity contribution in [3.63, 3.8) is 0 Å². The third-order valence-electron chi connectivity index (χ3n) is 15.6. The molecule has 0 heterocycles. The van der Waals surface area contributed by atoms with Gasteiger partial charge >= 0.3 is 39.5 Å². The van der Waals surface area contributed by atoms with Crippen LogP contribution in [-0.4, -0.2) is 96.7 Å². The molecular weight excluding hydrogens is 1130 g/mol. The lowest BCUT2D eigenvalue weighted by atomic mass is 10.00. The fraction of sp³-hybridized carbons (Fsp3) is 0.939. The molecule has 0 amide bonds. The summed E-state index contributed by atoms with van der Waals surface area (Å²) in [4.78, 5) is 72.3. The highest BCUT2D eigenvalue weighted by molar-refractivity contribution is 7.47. The molecule has 0 aromatic heterocycles. The molecule has 0 fully saturated rings. The molecule has 0 rings (SSSR count). The summed E-state index contributed by atoms with van der Waals surface area (Å²) in [6.45, 7) is 7.15. The van der Waals surface area contributed by atoms with Gasteiger partial charge in [-0.25, -0.2) is 9.13 Å². The second kappa shape index (κ2) is 59.7. The Morgan fingerprint density at radius 2 is 0.565 bits per heavy atom. The number of esters is 4. The van der Waals surface area contributed by atoms with Crippen LogP contribution in [0.3, 0.4) is 0 Å². The molecule has 3 N–H and O–H groups in total. The highest BCUT2D eigenvalue weighted by atomic mass is 31.2. The van der Waals surface area contributed by atoms with E-state index in [0.717, 1.165) is 95.8 Å². The average molecular weight is 1260 g/mol. The summed E-state index contributed by atoms with van der Waals surface area (Å²) >= 11 is 0. The van der Waals surface area contributed by atoms with Gasteiger partial charge in [0.05, 0.1) is 26.4 Å². The van der Waals surface area contributed by atoms with Crippen LogP contribution in [0.25, 0.3) is 0 Å². The van der Waals surface area contributed by atoms with Gasteiger partial charge in [0.15, 0.2) is 12.2 Å². The summed E-state index contributed by atoms with van der Waals surface area (Å²) < 4.78 is 68.1. The molecule has 0 saturated heterocycles. The number of unbranched alkanes of at least 4 members (excludes halogenated alkanes) is 37. The fourth-order valence-electron chi connectivity index (χ4n) is 9.90. The molecule has 0 aliphatic carbocycles. The zero-order chi connectivity index (χ0) is 62.8. The van der Waals surface area contributed by atoms with Crippen molar-refractivity contribution in [2.45, 2.75) is 355 Å². The molecule has 19 heteroatoms. The summed E-state index contributed by atoms with van der Waals surface area (Å²) in [6.07, 6.45) is 44.4. The van der Waals surface area contributed by atoms with E-state index in [4.69, 9.17) is 37.0 Å². The molecule has 0 aliphatic rings. The van der Waals surface area contributed by atoms with E-state index in [1.54, 1.807) is 0 Å². The van der Waals surface area contributed by atoms with Gasteiger partial charge in [0.2, 0.25) is 0 Å². The number of carbonyl (C=O) groups excluding carboxylic acids is 4. The highest BCUT2D eigenvalue weighted by Gasteiger charge is 2.30. The summed E-state index contributed by atoms with van der Waals surface area (Å²) in [7, 11) is -9.89. The quantitative estimate of drug-likeness (QED) is 0.0222. The predicted octanol–water partition coefficient (Wildman–Crippen LogP) is 18.6. The molecule has 0 aromatic carbocycles. The van der Waals surface area contributed by atoms with Crippen LogP contribution in [0.1, 0.15) is 336 Å². The Morgan fingerprint density at radius 3 is 0.835 bits per heavy atom. The van der Waals surface area contributed by atoms with E-state index in [9.17, 15) is 43.2 Å². The van der Waals surface area contributed by atoms with Gasteiger partial charge in [-0.3, -0.25) is 37.3 Å². The van der Waals surface area contributed by atoms with Gasteiger partial charge in [-0.15, -0.1) is 0 Å². The van der Waals surface area contributed by atoms with E-state index >= 15 is 0 Å². The highest BCUT2D eigenvalue weighted by Crippen LogP contribution is 2.45. The summed E-state index contributed by atoms with van der Waals surface area (Å²) in [5.74, 6) is -1.41. The number of ether oxygens (including phenoxy) is 4. The standard InChI is InChI=1S/C66H128O17P2/c1-6-10-13-16-19-22-24-26-27-29-32-35-41-46-51-65(70)82-61(55-77-64(69)50-45-40-34-31-28-25-23-20-17-14-11-7-2)57-80-84(72,73)78-53-60(67)54-79-85(74,75)81-58-62(56-76-63(68)49-44-39-33-30-21-18-15-12-8-3)83-66(71)52-47-42-37-36-38-43-48-59(5)9-4/h59-62,67H,6-58H2,1-5H3,(H,72,73)(H,74,75)/t59?,60-,61-,62-/m1/s1. The zero-order valence-corrected chi connectivity index (χ0v) is 56.5. The Labute approximate surface area is 517 Å². The van der Waals surface area contributed by atoms with Crippen LogP contribution in [0.4, 0.5) is 0 Å². The van der Waals surface area contributed by atoms with E-state index in [-0.39, 0.29) is 25.7 Å². The van der Waals surface area contributed by atoms with Crippen LogP contribution >= 0.6 is 15.6 Å². The number of hydrogen-bond acceptors (Lipinski definition) is 15. The number of phosphoric ester groups is 2. The Bertz CT molecular complexity index is 1650. The number of hydrogen-bond donors (Lipinski definition) is 3. The molecule has 85 heavy (non-hydrogen) atoms. The minimum atomic E-state index is -4.95. The first-order valence-corrected chi connectivity index (χ1v) is 37.7. The van der Waals surface area contributed by atoms with E-state index < -0.39 is 97.5 Å². The van der Waals surface area contributed by atoms with Crippen LogP contribution in [-0.2, 0) is 65.4 Å². The molecule has 0 saturated carbocycles. The summed E-state index contributed by atoms with van der Waals surface area (Å²) in [5, 5.41) is 10.5. The van der Waals surface area contributed by atoms with Gasteiger partial charge in [-0.05, 0) is 31.6 Å². The summed E-state index contributed by atoms with van der Waals surface area (Å²) in [5.41, 5.74) is 0.